The molecule has 4 heteroatoms. The van der Waals surface area contributed by atoms with Crippen molar-refractivity contribution < 1.29 is 15.0 Å². The highest BCUT2D eigenvalue weighted by Gasteiger charge is 2.18. The molecule has 4 nitrogen and oxygen atoms in total. The fraction of sp³-hybridized carbons (Fsp3) is 0.667. The van der Waals surface area contributed by atoms with E-state index in [1.807, 2.05) is 6.08 Å². The Hall–Kier alpha value is -3.47. The van der Waals surface area contributed by atoms with Crippen LogP contribution in [0, 0.1) is 0 Å². The fourth-order valence-corrected chi connectivity index (χ4v) is 8.72. The number of hydrogen-bond donors (Lipinski definition) is 3. The van der Waals surface area contributed by atoms with Gasteiger partial charge >= 0.3 is 0 Å². The molecule has 0 aliphatic carbocycles. The first kappa shape index (κ1) is 69.5. The van der Waals surface area contributed by atoms with Gasteiger partial charge in [-0.15, -0.1) is 0 Å². The smallest absolute Gasteiger partial charge is 0.220 e. The molecule has 2 unspecified atom stereocenters. The van der Waals surface area contributed by atoms with Crippen molar-refractivity contribution in [2.75, 3.05) is 6.61 Å². The second kappa shape index (κ2) is 62.8. The van der Waals surface area contributed by atoms with Crippen LogP contribution in [0.2, 0.25) is 0 Å². The van der Waals surface area contributed by atoms with Crippen LogP contribution in [0.5, 0.6) is 0 Å². The van der Waals surface area contributed by atoms with Crippen molar-refractivity contribution in [2.24, 2.45) is 0 Å². The summed E-state index contributed by atoms with van der Waals surface area (Å²) < 4.78 is 0. The number of carbonyl (C=O) groups excluding carboxylic acids is 1. The number of rotatable bonds is 55. The molecule has 0 aromatic rings. The van der Waals surface area contributed by atoms with E-state index in [0.29, 0.717) is 6.42 Å². The molecule has 0 fully saturated rings. The van der Waals surface area contributed by atoms with Gasteiger partial charge in [-0.25, -0.2) is 0 Å². The molecule has 0 saturated carbocycles. The Balaban J connectivity index is 3.65. The predicted octanol–water partition coefficient (Wildman–Crippen LogP) is 21.0. The van der Waals surface area contributed by atoms with Gasteiger partial charge < -0.3 is 15.5 Å². The summed E-state index contributed by atoms with van der Waals surface area (Å²) >= 11 is 0. The summed E-state index contributed by atoms with van der Waals surface area (Å²) in [5.74, 6) is -0.0961. The lowest BCUT2D eigenvalue weighted by Gasteiger charge is -2.19. The van der Waals surface area contributed by atoms with Crippen LogP contribution in [-0.4, -0.2) is 34.9 Å². The van der Waals surface area contributed by atoms with E-state index in [4.69, 9.17) is 0 Å². The minimum atomic E-state index is -0.882. The first-order valence-electron chi connectivity index (χ1n) is 30.9. The molecule has 0 rings (SSSR count). The van der Waals surface area contributed by atoms with Crippen molar-refractivity contribution in [3.8, 4) is 0 Å². The monoisotopic (exact) mass is 1010 g/mol. The van der Waals surface area contributed by atoms with Gasteiger partial charge in [0.25, 0.3) is 0 Å². The molecule has 3 N–H and O–H groups in total. The lowest BCUT2D eigenvalue weighted by atomic mass is 10.0. The topological polar surface area (TPSA) is 69.6 Å². The Bertz CT molecular complexity index is 1470. The summed E-state index contributed by atoms with van der Waals surface area (Å²) in [4.78, 5) is 12.5. The minimum absolute atomic E-state index is 0.0961. The largest absolute Gasteiger partial charge is 0.394 e. The van der Waals surface area contributed by atoms with Gasteiger partial charge in [0.15, 0.2) is 0 Å². The van der Waals surface area contributed by atoms with Crippen LogP contribution < -0.4 is 5.32 Å². The van der Waals surface area contributed by atoms with Gasteiger partial charge in [0.1, 0.15) is 0 Å². The quantitative estimate of drug-likeness (QED) is 0.0420. The van der Waals surface area contributed by atoms with Crippen molar-refractivity contribution in [2.45, 2.75) is 289 Å². The van der Waals surface area contributed by atoms with Crippen molar-refractivity contribution in [1.29, 1.82) is 0 Å². The van der Waals surface area contributed by atoms with Crippen LogP contribution in [0.25, 0.3) is 0 Å². The molecular formula is C69H117NO3. The molecule has 416 valence electrons. The summed E-state index contributed by atoms with van der Waals surface area (Å²) in [6.07, 6.45) is 97.7. The molecule has 0 spiro atoms. The molecule has 0 bridgehead atoms. The SMILES string of the molecule is CC/C=C\C/C=C\C/C=C\C/C=C\C/C=C\C/C=C\C/C=C\C/C=C\C/C=C\CCCCCCCC(=O)NC(CO)C(O)/C=C/CC/C=C/CCCCCCCCCCCCCCCCCCCCCCCC. The van der Waals surface area contributed by atoms with Gasteiger partial charge in [-0.05, 0) is 103 Å². The third-order valence-corrected chi connectivity index (χ3v) is 13.4. The van der Waals surface area contributed by atoms with Gasteiger partial charge in [0, 0.05) is 6.42 Å². The zero-order chi connectivity index (χ0) is 52.7. The number of carbonyl (C=O) groups is 1. The molecule has 0 aliphatic heterocycles. The molecule has 2 atom stereocenters. The lowest BCUT2D eigenvalue weighted by molar-refractivity contribution is -0.123. The number of unbranched alkanes of at least 4 members (excludes halogenated alkanes) is 28. The molecule has 0 heterocycles. The van der Waals surface area contributed by atoms with Crippen LogP contribution in [-0.2, 0) is 4.79 Å². The number of aliphatic hydroxyl groups is 2. The summed E-state index contributed by atoms with van der Waals surface area (Å²) in [5.41, 5.74) is 0. The number of nitrogens with one attached hydrogen (secondary N) is 1. The first-order valence-corrected chi connectivity index (χ1v) is 30.9. The minimum Gasteiger partial charge on any atom is -0.394 e. The number of hydrogen-bond acceptors (Lipinski definition) is 3. The van der Waals surface area contributed by atoms with E-state index in [0.717, 1.165) is 103 Å². The third kappa shape index (κ3) is 59.3. The maximum Gasteiger partial charge on any atom is 0.220 e. The molecule has 1 amide bonds. The highest BCUT2D eigenvalue weighted by molar-refractivity contribution is 5.76. The summed E-state index contributed by atoms with van der Waals surface area (Å²) in [7, 11) is 0. The predicted molar refractivity (Wildman–Crippen MR) is 326 cm³/mol. The second-order valence-corrected chi connectivity index (χ2v) is 20.4. The van der Waals surface area contributed by atoms with Gasteiger partial charge in [0.2, 0.25) is 5.91 Å². The Labute approximate surface area is 453 Å². The Morgan fingerprint density at radius 1 is 0.342 bits per heavy atom. The highest BCUT2D eigenvalue weighted by Crippen LogP contribution is 2.16. The zero-order valence-corrected chi connectivity index (χ0v) is 47.9. The van der Waals surface area contributed by atoms with E-state index in [9.17, 15) is 15.0 Å². The van der Waals surface area contributed by atoms with Crippen LogP contribution in [0.3, 0.4) is 0 Å². The maximum absolute atomic E-state index is 12.5. The summed E-state index contributed by atoms with van der Waals surface area (Å²) in [6, 6.07) is -0.662. The van der Waals surface area contributed by atoms with Gasteiger partial charge in [-0.1, -0.05) is 302 Å². The first-order chi connectivity index (χ1) is 36.2. The van der Waals surface area contributed by atoms with E-state index < -0.39 is 12.1 Å². The maximum atomic E-state index is 12.5. The average Bonchev–Trinajstić information content (AvgIpc) is 3.40. The molecular weight excluding hydrogens is 891 g/mol. The molecule has 0 aromatic heterocycles. The normalized spacial score (nSPS) is 13.8. The van der Waals surface area contributed by atoms with E-state index in [1.54, 1.807) is 6.08 Å². The van der Waals surface area contributed by atoms with Crippen LogP contribution in [0.1, 0.15) is 277 Å². The Kier molecular flexibility index (Phi) is 59.8. The van der Waals surface area contributed by atoms with Crippen molar-refractivity contribution in [3.63, 3.8) is 0 Å². The van der Waals surface area contributed by atoms with Crippen LogP contribution >= 0.6 is 0 Å². The van der Waals surface area contributed by atoms with Crippen LogP contribution in [0.15, 0.2) is 134 Å². The fourth-order valence-electron chi connectivity index (χ4n) is 8.72. The second-order valence-electron chi connectivity index (χ2n) is 20.4. The summed E-state index contributed by atoms with van der Waals surface area (Å²) in [6.45, 7) is 4.19. The summed E-state index contributed by atoms with van der Waals surface area (Å²) in [5, 5.41) is 23.2. The van der Waals surface area contributed by atoms with E-state index in [2.05, 4.69) is 141 Å². The average molecular weight is 1010 g/mol. The Morgan fingerprint density at radius 2 is 0.616 bits per heavy atom. The number of aliphatic hydroxyl groups excluding tert-OH is 2. The number of allylic oxidation sites excluding steroid dienone is 21. The number of amides is 1. The molecule has 0 saturated heterocycles. The lowest BCUT2D eigenvalue weighted by Crippen LogP contribution is -2.45. The molecule has 73 heavy (non-hydrogen) atoms. The Morgan fingerprint density at radius 3 is 0.959 bits per heavy atom. The highest BCUT2D eigenvalue weighted by atomic mass is 16.3. The third-order valence-electron chi connectivity index (χ3n) is 13.4. The van der Waals surface area contributed by atoms with E-state index >= 15 is 0 Å². The molecule has 0 radical (unpaired) electrons. The molecule has 0 aliphatic rings. The van der Waals surface area contributed by atoms with Crippen molar-refractivity contribution in [3.05, 3.63) is 134 Å². The van der Waals surface area contributed by atoms with Gasteiger partial charge in [-0.3, -0.25) is 4.79 Å². The van der Waals surface area contributed by atoms with Gasteiger partial charge in [-0.2, -0.15) is 0 Å². The van der Waals surface area contributed by atoms with E-state index in [1.165, 1.54) is 154 Å². The van der Waals surface area contributed by atoms with Crippen LogP contribution in [0.4, 0.5) is 0 Å². The molecule has 0 aromatic carbocycles. The van der Waals surface area contributed by atoms with E-state index in [-0.39, 0.29) is 12.5 Å². The standard InChI is InChI=1S/C69H117NO3/c1-3-5-7-9-11-13-15-17-19-21-23-25-27-29-31-33-34-35-36-37-39-41-43-45-47-49-51-53-55-57-59-61-63-65-69(73)70-67(66-71)68(72)64-62-60-58-56-54-52-50-48-46-44-42-40-38-32-30-28-26-24-22-20-18-16-14-12-10-8-6-4-2/h5,7,11,13,17,19,23,25,29,31,34-35,37,39,43,45,49,51,54,56,62,64,67-68,71-72H,3-4,6,8-10,12,14-16,18,20-22,24,26-28,30,32-33,36,38,40-42,44,46-48,50,52-53,55,57-61,63,65-66H2,1-2H3,(H,70,73)/b7-5-,13-11-,19-17-,25-23-,31-29-,35-34-,39-37-,45-43-,51-49-,56-54+,64-62+. The zero-order valence-electron chi connectivity index (χ0n) is 47.9. The van der Waals surface area contributed by atoms with Gasteiger partial charge in [0.05, 0.1) is 18.8 Å². The van der Waals surface area contributed by atoms with Crippen molar-refractivity contribution in [1.82, 2.24) is 5.32 Å². The van der Waals surface area contributed by atoms with Crippen molar-refractivity contribution >= 4 is 5.91 Å².